The lowest BCUT2D eigenvalue weighted by atomic mass is 10.2. The summed E-state index contributed by atoms with van der Waals surface area (Å²) in [5, 5.41) is 24.5. The zero-order chi connectivity index (χ0) is 16.1. The van der Waals surface area contributed by atoms with Gasteiger partial charge in [0.1, 0.15) is 18.4 Å². The third-order valence-electron chi connectivity index (χ3n) is 2.98. The first-order valence-electron chi connectivity index (χ1n) is 6.67. The number of rotatable bonds is 6. The number of hydrogen-bond donors (Lipinski definition) is 1. The van der Waals surface area contributed by atoms with Crippen molar-refractivity contribution in [2.75, 3.05) is 12.4 Å². The molecule has 0 spiro atoms. The molecule has 2 aromatic heterocycles. The first kappa shape index (κ1) is 14.6. The van der Waals surface area contributed by atoms with Crippen molar-refractivity contribution in [2.45, 2.75) is 13.0 Å². The smallest absolute Gasteiger partial charge is 0.226 e. The molecule has 0 unspecified atom stereocenters. The Hall–Kier alpha value is -3.37. The van der Waals surface area contributed by atoms with Gasteiger partial charge in [0.25, 0.3) is 0 Å². The Balaban J connectivity index is 1.71. The highest BCUT2D eigenvalue weighted by Gasteiger charge is 2.08. The summed E-state index contributed by atoms with van der Waals surface area (Å²) < 4.78 is 8.19. The van der Waals surface area contributed by atoms with Crippen molar-refractivity contribution in [1.82, 2.24) is 40.4 Å². The van der Waals surface area contributed by atoms with E-state index in [1.54, 1.807) is 25.3 Å². The molecule has 0 saturated heterocycles. The first-order valence-corrected chi connectivity index (χ1v) is 6.67. The van der Waals surface area contributed by atoms with Crippen LogP contribution in [-0.4, -0.2) is 53.4 Å². The van der Waals surface area contributed by atoms with Crippen LogP contribution in [0.3, 0.4) is 0 Å². The Kier molecular flexibility index (Phi) is 4.18. The number of tetrazole rings is 2. The number of aryl methyl sites for hydroxylation is 1. The minimum atomic E-state index is -0.170. The van der Waals surface area contributed by atoms with E-state index in [9.17, 15) is 4.79 Å². The van der Waals surface area contributed by atoms with Gasteiger partial charge in [-0.1, -0.05) is 0 Å². The number of ether oxygens (including phenoxy) is 1. The Morgan fingerprint density at radius 2 is 2.00 bits per heavy atom. The number of hydrogen-bond acceptors (Lipinski definition) is 8. The predicted octanol–water partition coefficient (Wildman–Crippen LogP) is -0.314. The lowest BCUT2D eigenvalue weighted by molar-refractivity contribution is -0.116. The summed E-state index contributed by atoms with van der Waals surface area (Å²) in [6.07, 6.45) is 3.15. The topological polar surface area (TPSA) is 126 Å². The molecule has 0 saturated carbocycles. The average molecular weight is 315 g/mol. The van der Waals surface area contributed by atoms with Gasteiger partial charge in [-0.3, -0.25) is 4.79 Å². The third kappa shape index (κ3) is 3.64. The molecule has 23 heavy (non-hydrogen) atoms. The quantitative estimate of drug-likeness (QED) is 0.656. The molecule has 0 radical (unpaired) electrons. The minimum absolute atomic E-state index is 0.170. The number of amides is 1. The summed E-state index contributed by atoms with van der Waals surface area (Å²) in [4.78, 5) is 12.0. The van der Waals surface area contributed by atoms with Gasteiger partial charge < -0.3 is 10.1 Å². The van der Waals surface area contributed by atoms with E-state index < -0.39 is 0 Å². The number of carbonyl (C=O) groups excluding carboxylic acids is 1. The van der Waals surface area contributed by atoms with Gasteiger partial charge in [-0.05, 0) is 26.9 Å². The number of carbonyl (C=O) groups is 1. The summed E-state index contributed by atoms with van der Waals surface area (Å²) in [6, 6.07) is 5.21. The fourth-order valence-corrected chi connectivity index (χ4v) is 1.91. The largest absolute Gasteiger partial charge is 0.497 e. The molecule has 0 bridgehead atoms. The molecule has 0 aliphatic carbocycles. The highest BCUT2D eigenvalue weighted by atomic mass is 16.5. The minimum Gasteiger partial charge on any atom is -0.497 e. The van der Waals surface area contributed by atoms with Crippen LogP contribution in [0.5, 0.6) is 5.75 Å². The van der Waals surface area contributed by atoms with Crippen LogP contribution in [0.15, 0.2) is 30.9 Å². The molecule has 0 fully saturated rings. The van der Waals surface area contributed by atoms with E-state index in [1.807, 2.05) is 0 Å². The summed E-state index contributed by atoms with van der Waals surface area (Å²) in [5.41, 5.74) is 1.25. The molecule has 1 amide bonds. The molecule has 1 aromatic carbocycles. The Bertz CT molecular complexity index is 770. The molecule has 1 N–H and O–H groups in total. The molecular formula is C12H13N9O2. The van der Waals surface area contributed by atoms with Crippen LogP contribution in [0, 0.1) is 0 Å². The predicted molar refractivity (Wildman–Crippen MR) is 76.8 cm³/mol. The lowest BCUT2D eigenvalue weighted by Crippen LogP contribution is -2.15. The molecule has 3 rings (SSSR count). The molecule has 11 nitrogen and oxygen atoms in total. The first-order chi connectivity index (χ1) is 11.2. The van der Waals surface area contributed by atoms with E-state index in [-0.39, 0.29) is 12.3 Å². The maximum atomic E-state index is 12.0. The number of benzene rings is 1. The number of anilines is 1. The van der Waals surface area contributed by atoms with E-state index in [4.69, 9.17) is 4.74 Å². The van der Waals surface area contributed by atoms with Gasteiger partial charge in [-0.15, -0.1) is 10.2 Å². The monoisotopic (exact) mass is 315 g/mol. The molecule has 0 aliphatic rings. The molecule has 11 heteroatoms. The van der Waals surface area contributed by atoms with Crippen LogP contribution in [0.25, 0.3) is 5.69 Å². The van der Waals surface area contributed by atoms with E-state index in [0.29, 0.717) is 23.7 Å². The molecular weight excluding hydrogens is 302 g/mol. The van der Waals surface area contributed by atoms with Crippen molar-refractivity contribution in [3.8, 4) is 11.4 Å². The van der Waals surface area contributed by atoms with E-state index in [2.05, 4.69) is 36.4 Å². The zero-order valence-electron chi connectivity index (χ0n) is 12.2. The Morgan fingerprint density at radius 1 is 1.17 bits per heavy atom. The molecule has 3 aromatic rings. The van der Waals surface area contributed by atoms with Crippen LogP contribution in [0.2, 0.25) is 0 Å². The van der Waals surface area contributed by atoms with Crippen LogP contribution < -0.4 is 10.1 Å². The highest BCUT2D eigenvalue weighted by molar-refractivity contribution is 5.91. The molecule has 0 aliphatic heterocycles. The highest BCUT2D eigenvalue weighted by Crippen LogP contribution is 2.23. The SMILES string of the molecule is COc1cc(NC(=O)CCn2cnnn2)cc(-n2cnnn2)c1. The van der Waals surface area contributed by atoms with Crippen LogP contribution >= 0.6 is 0 Å². The van der Waals surface area contributed by atoms with Crippen molar-refractivity contribution in [3.05, 3.63) is 30.9 Å². The van der Waals surface area contributed by atoms with E-state index >= 15 is 0 Å². The second kappa shape index (κ2) is 6.60. The van der Waals surface area contributed by atoms with Gasteiger partial charge in [0.05, 0.1) is 19.3 Å². The van der Waals surface area contributed by atoms with Crippen LogP contribution in [-0.2, 0) is 11.3 Å². The Labute approximate surface area is 130 Å². The van der Waals surface area contributed by atoms with Gasteiger partial charge in [0, 0.05) is 24.2 Å². The third-order valence-corrected chi connectivity index (χ3v) is 2.98. The van der Waals surface area contributed by atoms with Gasteiger partial charge >= 0.3 is 0 Å². The van der Waals surface area contributed by atoms with Crippen LogP contribution in [0.1, 0.15) is 6.42 Å². The van der Waals surface area contributed by atoms with Gasteiger partial charge in [-0.25, -0.2) is 9.36 Å². The summed E-state index contributed by atoms with van der Waals surface area (Å²) in [7, 11) is 1.54. The molecule has 2 heterocycles. The maximum Gasteiger partial charge on any atom is 0.226 e. The standard InChI is InChI=1S/C12H13N9O2/c1-23-11-5-9(4-10(6-11)21-8-14-17-19-21)15-12(22)2-3-20-7-13-16-18-20/h4-8H,2-3H2,1H3,(H,15,22). The average Bonchev–Trinajstić information content (AvgIpc) is 3.26. The number of aromatic nitrogens is 8. The summed E-state index contributed by atoms with van der Waals surface area (Å²) in [6.45, 7) is 0.392. The summed E-state index contributed by atoms with van der Waals surface area (Å²) in [5.74, 6) is 0.408. The van der Waals surface area contributed by atoms with E-state index in [0.717, 1.165) is 0 Å². The number of nitrogens with one attached hydrogen (secondary N) is 1. The second-order valence-electron chi connectivity index (χ2n) is 4.55. The van der Waals surface area contributed by atoms with Crippen molar-refractivity contribution in [1.29, 1.82) is 0 Å². The number of methoxy groups -OCH3 is 1. The maximum absolute atomic E-state index is 12.0. The van der Waals surface area contributed by atoms with Crippen molar-refractivity contribution >= 4 is 11.6 Å². The van der Waals surface area contributed by atoms with Gasteiger partial charge in [0.2, 0.25) is 5.91 Å². The molecule has 0 atom stereocenters. The fourth-order valence-electron chi connectivity index (χ4n) is 1.91. The van der Waals surface area contributed by atoms with E-state index in [1.165, 1.54) is 22.0 Å². The number of nitrogens with zero attached hydrogens (tertiary/aromatic N) is 8. The zero-order valence-corrected chi connectivity index (χ0v) is 12.2. The van der Waals surface area contributed by atoms with Crippen molar-refractivity contribution < 1.29 is 9.53 Å². The van der Waals surface area contributed by atoms with Crippen LogP contribution in [0.4, 0.5) is 5.69 Å². The Morgan fingerprint density at radius 3 is 2.70 bits per heavy atom. The normalized spacial score (nSPS) is 10.5. The van der Waals surface area contributed by atoms with Gasteiger partial charge in [-0.2, -0.15) is 0 Å². The molecule has 118 valence electrons. The second-order valence-corrected chi connectivity index (χ2v) is 4.55. The van der Waals surface area contributed by atoms with Gasteiger partial charge in [0.15, 0.2) is 0 Å². The summed E-state index contributed by atoms with van der Waals surface area (Å²) >= 11 is 0. The van der Waals surface area contributed by atoms with Crippen molar-refractivity contribution in [3.63, 3.8) is 0 Å². The van der Waals surface area contributed by atoms with Crippen molar-refractivity contribution in [2.24, 2.45) is 0 Å². The fraction of sp³-hybridized carbons (Fsp3) is 0.250. The lowest BCUT2D eigenvalue weighted by Gasteiger charge is -2.10.